The number of rotatable bonds is 4. The topological polar surface area (TPSA) is 17.1 Å². The molecule has 62 valence electrons. The van der Waals surface area contributed by atoms with Gasteiger partial charge in [0, 0.05) is 6.42 Å². The van der Waals surface area contributed by atoms with E-state index in [1.54, 1.807) is 6.92 Å². The second-order valence-electron chi connectivity index (χ2n) is 2.68. The second-order valence-corrected chi connectivity index (χ2v) is 2.68. The molecule has 0 N–H and O–H groups in total. The van der Waals surface area contributed by atoms with Crippen LogP contribution in [-0.2, 0) is 4.79 Å². The molecule has 1 nitrogen and oxygen atoms in total. The first-order valence-electron chi connectivity index (χ1n) is 3.95. The van der Waals surface area contributed by atoms with Crippen molar-refractivity contribution in [2.75, 3.05) is 0 Å². The molecular formula is C10H16O. The molecule has 0 radical (unpaired) electrons. The van der Waals surface area contributed by atoms with E-state index in [-0.39, 0.29) is 5.78 Å². The zero-order valence-corrected chi connectivity index (χ0v) is 7.55. The quantitative estimate of drug-likeness (QED) is 0.566. The molecule has 0 atom stereocenters. The fraction of sp³-hybridized carbons (Fsp3) is 0.500. The minimum atomic E-state index is 0.257. The van der Waals surface area contributed by atoms with Crippen molar-refractivity contribution in [1.82, 2.24) is 0 Å². The molecule has 0 spiro atoms. The number of hydrogen-bond donors (Lipinski definition) is 0. The smallest absolute Gasteiger partial charge is 0.130 e. The largest absolute Gasteiger partial charge is 0.300 e. The highest BCUT2D eigenvalue weighted by atomic mass is 16.1. The molecule has 0 aromatic carbocycles. The first kappa shape index (κ1) is 10.2. The lowest BCUT2D eigenvalue weighted by atomic mass is 10.2. The van der Waals surface area contributed by atoms with Crippen LogP contribution in [-0.4, -0.2) is 5.78 Å². The molecule has 0 rings (SSSR count). The van der Waals surface area contributed by atoms with E-state index in [2.05, 4.69) is 0 Å². The van der Waals surface area contributed by atoms with E-state index in [4.69, 9.17) is 0 Å². The highest BCUT2D eigenvalue weighted by molar-refractivity contribution is 5.75. The summed E-state index contributed by atoms with van der Waals surface area (Å²) < 4.78 is 0. The Morgan fingerprint density at radius 3 is 2.45 bits per heavy atom. The summed E-state index contributed by atoms with van der Waals surface area (Å²) in [5, 5.41) is 0. The van der Waals surface area contributed by atoms with Crippen LogP contribution in [0.2, 0.25) is 0 Å². The molecule has 11 heavy (non-hydrogen) atoms. The van der Waals surface area contributed by atoms with E-state index in [1.807, 2.05) is 32.1 Å². The van der Waals surface area contributed by atoms with Crippen LogP contribution in [0, 0.1) is 0 Å². The molecule has 0 saturated heterocycles. The molecule has 0 aliphatic heterocycles. The van der Waals surface area contributed by atoms with Crippen molar-refractivity contribution in [2.24, 2.45) is 0 Å². The Morgan fingerprint density at radius 2 is 2.00 bits per heavy atom. The average molecular weight is 152 g/mol. The van der Waals surface area contributed by atoms with Gasteiger partial charge in [0.2, 0.25) is 0 Å². The van der Waals surface area contributed by atoms with E-state index in [0.29, 0.717) is 6.42 Å². The third-order valence-electron chi connectivity index (χ3n) is 1.50. The molecule has 0 unspecified atom stereocenters. The number of hydrogen-bond acceptors (Lipinski definition) is 1. The maximum absolute atomic E-state index is 10.5. The first-order chi connectivity index (χ1) is 5.16. The van der Waals surface area contributed by atoms with Gasteiger partial charge < -0.3 is 4.79 Å². The summed E-state index contributed by atoms with van der Waals surface area (Å²) in [5.74, 6) is 0.257. The van der Waals surface area contributed by atoms with Crippen LogP contribution >= 0.6 is 0 Å². The summed E-state index contributed by atoms with van der Waals surface area (Å²) in [7, 11) is 0. The van der Waals surface area contributed by atoms with Gasteiger partial charge in [0.05, 0.1) is 0 Å². The molecule has 0 heterocycles. The molecule has 0 aromatic heterocycles. The van der Waals surface area contributed by atoms with Gasteiger partial charge in [-0.15, -0.1) is 0 Å². The number of carbonyl (C=O) groups excluding carboxylic acids is 1. The van der Waals surface area contributed by atoms with E-state index in [9.17, 15) is 4.79 Å². The maximum Gasteiger partial charge on any atom is 0.130 e. The molecule has 1 heteroatoms. The molecular weight excluding hydrogens is 136 g/mol. The van der Waals surface area contributed by atoms with Gasteiger partial charge in [0.1, 0.15) is 5.78 Å². The van der Waals surface area contributed by atoms with E-state index < -0.39 is 0 Å². The van der Waals surface area contributed by atoms with Crippen molar-refractivity contribution < 1.29 is 4.79 Å². The maximum atomic E-state index is 10.5. The molecule has 0 saturated carbocycles. The number of allylic oxidation sites excluding steroid dienone is 4. The monoisotopic (exact) mass is 152 g/mol. The lowest BCUT2D eigenvalue weighted by Crippen LogP contribution is -1.86. The third kappa shape index (κ3) is 7.04. The van der Waals surface area contributed by atoms with Gasteiger partial charge >= 0.3 is 0 Å². The Morgan fingerprint density at radius 1 is 1.36 bits per heavy atom. The molecule has 0 fully saturated rings. The molecule has 0 bridgehead atoms. The number of ketones is 1. The molecule has 0 aliphatic rings. The van der Waals surface area contributed by atoms with Crippen LogP contribution in [0.5, 0.6) is 0 Å². The van der Waals surface area contributed by atoms with Gasteiger partial charge in [-0.3, -0.25) is 0 Å². The SMILES string of the molecule is C/C=C(C)\C=C/CCC(C)=O. The van der Waals surface area contributed by atoms with E-state index in [0.717, 1.165) is 6.42 Å². The lowest BCUT2D eigenvalue weighted by molar-refractivity contribution is -0.116. The second kappa shape index (κ2) is 5.90. The van der Waals surface area contributed by atoms with Crippen LogP contribution in [0.3, 0.4) is 0 Å². The fourth-order valence-corrected chi connectivity index (χ4v) is 0.652. The summed E-state index contributed by atoms with van der Waals surface area (Å²) in [6.07, 6.45) is 7.65. The Bertz CT molecular complexity index is 175. The van der Waals surface area contributed by atoms with Crippen LogP contribution < -0.4 is 0 Å². The molecule has 0 aromatic rings. The van der Waals surface area contributed by atoms with Gasteiger partial charge in [-0.2, -0.15) is 0 Å². The van der Waals surface area contributed by atoms with Crippen LogP contribution in [0.1, 0.15) is 33.6 Å². The normalized spacial score (nSPS) is 12.5. The van der Waals surface area contributed by atoms with Crippen molar-refractivity contribution in [2.45, 2.75) is 33.6 Å². The van der Waals surface area contributed by atoms with Crippen LogP contribution in [0.4, 0.5) is 0 Å². The Hall–Kier alpha value is -0.850. The predicted molar refractivity (Wildman–Crippen MR) is 48.5 cm³/mol. The van der Waals surface area contributed by atoms with Gasteiger partial charge in [-0.1, -0.05) is 23.8 Å². The highest BCUT2D eigenvalue weighted by Gasteiger charge is 1.87. The van der Waals surface area contributed by atoms with Crippen LogP contribution in [0.25, 0.3) is 0 Å². The zero-order chi connectivity index (χ0) is 8.69. The number of Topliss-reactive ketones (excluding diaryl/α,β-unsaturated/α-hetero) is 1. The summed E-state index contributed by atoms with van der Waals surface area (Å²) in [6.45, 7) is 5.67. The van der Waals surface area contributed by atoms with Crippen molar-refractivity contribution in [1.29, 1.82) is 0 Å². The first-order valence-corrected chi connectivity index (χ1v) is 3.95. The van der Waals surface area contributed by atoms with E-state index in [1.165, 1.54) is 5.57 Å². The average Bonchev–Trinajstić information content (AvgIpc) is 1.97. The predicted octanol–water partition coefficient (Wildman–Crippen LogP) is 2.88. The van der Waals surface area contributed by atoms with Crippen molar-refractivity contribution >= 4 is 5.78 Å². The van der Waals surface area contributed by atoms with Gasteiger partial charge in [-0.25, -0.2) is 0 Å². The summed E-state index contributed by atoms with van der Waals surface area (Å²) in [5.41, 5.74) is 1.24. The minimum absolute atomic E-state index is 0.257. The summed E-state index contributed by atoms with van der Waals surface area (Å²) >= 11 is 0. The van der Waals surface area contributed by atoms with Gasteiger partial charge in [-0.05, 0) is 27.2 Å². The Kier molecular flexibility index (Phi) is 5.44. The zero-order valence-electron chi connectivity index (χ0n) is 7.55. The van der Waals surface area contributed by atoms with Crippen molar-refractivity contribution in [3.8, 4) is 0 Å². The van der Waals surface area contributed by atoms with Crippen LogP contribution in [0.15, 0.2) is 23.8 Å². The lowest BCUT2D eigenvalue weighted by Gasteiger charge is -1.89. The minimum Gasteiger partial charge on any atom is -0.300 e. The van der Waals surface area contributed by atoms with E-state index >= 15 is 0 Å². The van der Waals surface area contributed by atoms with Gasteiger partial charge in [0.15, 0.2) is 0 Å². The third-order valence-corrected chi connectivity index (χ3v) is 1.50. The fourth-order valence-electron chi connectivity index (χ4n) is 0.652. The number of carbonyl (C=O) groups is 1. The standard InChI is InChI=1S/C10H16O/c1-4-9(2)7-5-6-8-10(3)11/h4-5,7H,6,8H2,1-3H3/b7-5-,9-4-. The summed E-state index contributed by atoms with van der Waals surface area (Å²) in [4.78, 5) is 10.5. The highest BCUT2D eigenvalue weighted by Crippen LogP contribution is 1.97. The Balaban J connectivity index is 3.53. The van der Waals surface area contributed by atoms with Gasteiger partial charge in [0.25, 0.3) is 0 Å². The van der Waals surface area contributed by atoms with Crippen molar-refractivity contribution in [3.63, 3.8) is 0 Å². The van der Waals surface area contributed by atoms with Crippen molar-refractivity contribution in [3.05, 3.63) is 23.8 Å². The Labute approximate surface area is 68.8 Å². The molecule has 0 amide bonds. The molecule has 0 aliphatic carbocycles. The summed E-state index contributed by atoms with van der Waals surface area (Å²) in [6, 6.07) is 0.